The number of nitrogens with two attached hydrogens (primary N) is 1. The molecule has 0 bridgehead atoms. The second-order valence-corrected chi connectivity index (χ2v) is 10.2. The van der Waals surface area contributed by atoms with Crippen molar-refractivity contribution in [2.24, 2.45) is 17.1 Å². The molecule has 3 nitrogen and oxygen atoms in total. The highest BCUT2D eigenvalue weighted by Crippen LogP contribution is 2.45. The summed E-state index contributed by atoms with van der Waals surface area (Å²) in [7, 11) is 0. The van der Waals surface area contributed by atoms with E-state index in [0.717, 1.165) is 24.9 Å². The quantitative estimate of drug-likeness (QED) is 0.629. The Labute approximate surface area is 185 Å². The Bertz CT molecular complexity index is 609. The van der Waals surface area contributed by atoms with Gasteiger partial charge in [0.1, 0.15) is 0 Å². The number of nitrogens with zero attached hydrogens (tertiary/aromatic N) is 2. The van der Waals surface area contributed by atoms with Crippen LogP contribution in [0.15, 0.2) is 18.2 Å². The van der Waals surface area contributed by atoms with Gasteiger partial charge < -0.3 is 10.6 Å². The number of hydrogen-bond acceptors (Lipinski definition) is 3. The van der Waals surface area contributed by atoms with E-state index < -0.39 is 0 Å². The molecule has 1 aliphatic heterocycles. The predicted octanol–water partition coefficient (Wildman–Crippen LogP) is 5.81. The van der Waals surface area contributed by atoms with Crippen LogP contribution in [-0.2, 0) is 6.54 Å². The van der Waals surface area contributed by atoms with E-state index in [9.17, 15) is 0 Å². The maximum atomic E-state index is 5.99. The van der Waals surface area contributed by atoms with Gasteiger partial charge in [-0.3, -0.25) is 4.90 Å². The molecule has 2 N–H and O–H groups in total. The van der Waals surface area contributed by atoms with Gasteiger partial charge in [0.15, 0.2) is 0 Å². The van der Waals surface area contributed by atoms with Gasteiger partial charge in [-0.05, 0) is 73.1 Å². The van der Waals surface area contributed by atoms with Gasteiger partial charge in [-0.15, -0.1) is 12.4 Å². The third-order valence-electron chi connectivity index (χ3n) is 7.26. The zero-order valence-electron chi connectivity index (χ0n) is 19.3. The standard InChI is InChI=1S/C25H43N3.ClH/c1-5-6-13-27-14-16-28(17-15-27)24-18-20(19-26)7-12-23(24)21-8-10-22(11-9-21)25(2,3)4;/h7,12,18,21-22H,5-6,8-11,13-17,19,26H2,1-4H3;1H. The number of unbranched alkanes of at least 4 members (excludes halogenated alkanes) is 1. The first-order valence-electron chi connectivity index (χ1n) is 11.7. The van der Waals surface area contributed by atoms with Gasteiger partial charge in [-0.2, -0.15) is 0 Å². The summed E-state index contributed by atoms with van der Waals surface area (Å²) in [5.41, 5.74) is 10.8. The molecular weight excluding hydrogens is 378 g/mol. The minimum absolute atomic E-state index is 0. The summed E-state index contributed by atoms with van der Waals surface area (Å²) in [5, 5.41) is 0. The monoisotopic (exact) mass is 421 g/mol. The predicted molar refractivity (Wildman–Crippen MR) is 129 cm³/mol. The van der Waals surface area contributed by atoms with Crippen molar-refractivity contribution in [3.8, 4) is 0 Å². The molecule has 1 saturated heterocycles. The number of piperazine rings is 1. The second kappa shape index (κ2) is 11.0. The van der Waals surface area contributed by atoms with Crippen molar-refractivity contribution in [1.29, 1.82) is 0 Å². The van der Waals surface area contributed by atoms with E-state index >= 15 is 0 Å². The highest BCUT2D eigenvalue weighted by Gasteiger charge is 2.31. The minimum Gasteiger partial charge on any atom is -0.369 e. The molecule has 1 aromatic carbocycles. The van der Waals surface area contributed by atoms with E-state index in [1.54, 1.807) is 5.56 Å². The molecule has 2 aliphatic rings. The molecule has 1 aromatic rings. The highest BCUT2D eigenvalue weighted by atomic mass is 35.5. The summed E-state index contributed by atoms with van der Waals surface area (Å²) in [6.07, 6.45) is 8.04. The van der Waals surface area contributed by atoms with Gasteiger partial charge in [0.2, 0.25) is 0 Å². The zero-order chi connectivity index (χ0) is 20.1. The van der Waals surface area contributed by atoms with Crippen molar-refractivity contribution in [1.82, 2.24) is 4.90 Å². The second-order valence-electron chi connectivity index (χ2n) is 10.2. The van der Waals surface area contributed by atoms with Crippen molar-refractivity contribution < 1.29 is 0 Å². The zero-order valence-corrected chi connectivity index (χ0v) is 20.1. The average molecular weight is 422 g/mol. The van der Waals surface area contributed by atoms with Crippen LogP contribution in [-0.4, -0.2) is 37.6 Å². The lowest BCUT2D eigenvalue weighted by Crippen LogP contribution is -2.47. The Morgan fingerprint density at radius 2 is 1.66 bits per heavy atom. The van der Waals surface area contributed by atoms with E-state index in [1.807, 2.05) is 0 Å². The average Bonchev–Trinajstić information content (AvgIpc) is 2.71. The number of halogens is 1. The molecule has 1 aliphatic carbocycles. The molecule has 4 heteroatoms. The first kappa shape index (κ1) is 24.5. The molecule has 0 radical (unpaired) electrons. The Morgan fingerprint density at radius 3 is 2.21 bits per heavy atom. The minimum atomic E-state index is 0. The number of rotatable bonds is 6. The van der Waals surface area contributed by atoms with Gasteiger partial charge in [0.25, 0.3) is 0 Å². The maximum Gasteiger partial charge on any atom is 0.0405 e. The van der Waals surface area contributed by atoms with Crippen molar-refractivity contribution in [2.45, 2.75) is 78.7 Å². The summed E-state index contributed by atoms with van der Waals surface area (Å²) in [5.74, 6) is 1.59. The topological polar surface area (TPSA) is 32.5 Å². The van der Waals surface area contributed by atoms with Gasteiger partial charge in [0.05, 0.1) is 0 Å². The van der Waals surface area contributed by atoms with Crippen LogP contribution in [0, 0.1) is 11.3 Å². The van der Waals surface area contributed by atoms with Crippen molar-refractivity contribution in [2.75, 3.05) is 37.6 Å². The van der Waals surface area contributed by atoms with Crippen LogP contribution in [0.1, 0.15) is 83.3 Å². The smallest absolute Gasteiger partial charge is 0.0405 e. The largest absolute Gasteiger partial charge is 0.369 e. The highest BCUT2D eigenvalue weighted by molar-refractivity contribution is 5.85. The summed E-state index contributed by atoms with van der Waals surface area (Å²) in [6.45, 7) is 16.1. The Morgan fingerprint density at radius 1 is 1.00 bits per heavy atom. The van der Waals surface area contributed by atoms with Crippen molar-refractivity contribution in [3.63, 3.8) is 0 Å². The maximum absolute atomic E-state index is 5.99. The van der Waals surface area contributed by atoms with Crippen LogP contribution in [0.5, 0.6) is 0 Å². The first-order chi connectivity index (χ1) is 13.4. The summed E-state index contributed by atoms with van der Waals surface area (Å²) in [4.78, 5) is 5.29. The van der Waals surface area contributed by atoms with Gasteiger partial charge in [-0.1, -0.05) is 46.2 Å². The van der Waals surface area contributed by atoms with Crippen LogP contribution >= 0.6 is 12.4 Å². The third kappa shape index (κ3) is 6.35. The Hall–Kier alpha value is -0.770. The number of hydrogen-bond donors (Lipinski definition) is 1. The molecule has 29 heavy (non-hydrogen) atoms. The normalized spacial score (nSPS) is 23.7. The van der Waals surface area contributed by atoms with E-state index in [0.29, 0.717) is 12.0 Å². The summed E-state index contributed by atoms with van der Waals surface area (Å²) in [6, 6.07) is 7.07. The summed E-state index contributed by atoms with van der Waals surface area (Å²) >= 11 is 0. The molecule has 1 saturated carbocycles. The van der Waals surface area contributed by atoms with Gasteiger partial charge in [-0.25, -0.2) is 0 Å². The third-order valence-corrected chi connectivity index (χ3v) is 7.26. The van der Waals surface area contributed by atoms with E-state index in [1.165, 1.54) is 69.4 Å². The van der Waals surface area contributed by atoms with Crippen LogP contribution in [0.3, 0.4) is 0 Å². The fourth-order valence-corrected chi connectivity index (χ4v) is 5.20. The molecule has 0 atom stereocenters. The molecule has 166 valence electrons. The molecule has 0 amide bonds. The van der Waals surface area contributed by atoms with E-state index in [-0.39, 0.29) is 12.4 Å². The lowest BCUT2D eigenvalue weighted by Gasteiger charge is -2.40. The van der Waals surface area contributed by atoms with Gasteiger partial charge >= 0.3 is 0 Å². The molecule has 3 rings (SSSR count). The molecule has 0 unspecified atom stereocenters. The number of anilines is 1. The molecule has 1 heterocycles. The van der Waals surface area contributed by atoms with E-state index in [4.69, 9.17) is 5.73 Å². The van der Waals surface area contributed by atoms with Crippen LogP contribution in [0.2, 0.25) is 0 Å². The Balaban J connectivity index is 0.00000300. The molecule has 0 spiro atoms. The molecule has 2 fully saturated rings. The van der Waals surface area contributed by atoms with Crippen LogP contribution < -0.4 is 10.6 Å². The van der Waals surface area contributed by atoms with Crippen molar-refractivity contribution in [3.05, 3.63) is 29.3 Å². The van der Waals surface area contributed by atoms with E-state index in [2.05, 4.69) is 55.7 Å². The fourth-order valence-electron chi connectivity index (χ4n) is 5.20. The summed E-state index contributed by atoms with van der Waals surface area (Å²) < 4.78 is 0. The lowest BCUT2D eigenvalue weighted by atomic mass is 9.68. The van der Waals surface area contributed by atoms with Crippen LogP contribution in [0.25, 0.3) is 0 Å². The SMILES string of the molecule is CCCCN1CCN(c2cc(CN)ccc2C2CCC(C(C)(C)C)CC2)CC1.Cl. The lowest BCUT2D eigenvalue weighted by molar-refractivity contribution is 0.169. The van der Waals surface area contributed by atoms with Crippen LogP contribution in [0.4, 0.5) is 5.69 Å². The fraction of sp³-hybridized carbons (Fsp3) is 0.760. The Kier molecular flexibility index (Phi) is 9.31. The molecular formula is C25H44ClN3. The van der Waals surface area contributed by atoms with Gasteiger partial charge in [0, 0.05) is 38.4 Å². The molecule has 0 aromatic heterocycles. The van der Waals surface area contributed by atoms with Crippen molar-refractivity contribution >= 4 is 18.1 Å². The number of benzene rings is 1. The first-order valence-corrected chi connectivity index (χ1v) is 11.7.